The zero-order chi connectivity index (χ0) is 23.0. The summed E-state index contributed by atoms with van der Waals surface area (Å²) in [6.45, 7) is 2.60. The van der Waals surface area contributed by atoms with Crippen molar-refractivity contribution in [2.45, 2.75) is 70.4 Å². The Kier molecular flexibility index (Phi) is 7.87. The first-order chi connectivity index (χ1) is 16.1. The minimum absolute atomic E-state index is 0.00473. The third-order valence-corrected chi connectivity index (χ3v) is 6.67. The van der Waals surface area contributed by atoms with Crippen molar-refractivity contribution < 1.29 is 19.1 Å². The highest BCUT2D eigenvalue weighted by Crippen LogP contribution is 2.32. The highest BCUT2D eigenvalue weighted by atomic mass is 16.7. The molecule has 0 saturated heterocycles. The summed E-state index contributed by atoms with van der Waals surface area (Å²) >= 11 is 0. The monoisotopic (exact) mass is 450 g/mol. The van der Waals surface area contributed by atoms with Gasteiger partial charge in [0, 0.05) is 19.0 Å². The van der Waals surface area contributed by atoms with Gasteiger partial charge in [0.25, 0.3) is 0 Å². The van der Waals surface area contributed by atoms with Crippen molar-refractivity contribution >= 4 is 11.8 Å². The van der Waals surface area contributed by atoms with Crippen LogP contribution in [0.15, 0.2) is 48.5 Å². The molecule has 0 aromatic heterocycles. The first-order valence-corrected chi connectivity index (χ1v) is 12.1. The van der Waals surface area contributed by atoms with Crippen molar-refractivity contribution in [3.05, 3.63) is 59.7 Å². The summed E-state index contributed by atoms with van der Waals surface area (Å²) in [4.78, 5) is 28.1. The van der Waals surface area contributed by atoms with E-state index in [1.807, 2.05) is 43.3 Å². The van der Waals surface area contributed by atoms with Crippen LogP contribution in [-0.4, -0.2) is 42.1 Å². The van der Waals surface area contributed by atoms with Crippen molar-refractivity contribution in [2.75, 3.05) is 13.3 Å². The Hall–Kier alpha value is -3.02. The van der Waals surface area contributed by atoms with Gasteiger partial charge in [0.1, 0.15) is 6.04 Å². The fourth-order valence-electron chi connectivity index (χ4n) is 4.63. The van der Waals surface area contributed by atoms with E-state index in [2.05, 4.69) is 17.4 Å². The number of nitrogens with zero attached hydrogens (tertiary/aromatic N) is 1. The lowest BCUT2D eigenvalue weighted by molar-refractivity contribution is -0.140. The van der Waals surface area contributed by atoms with Crippen molar-refractivity contribution in [1.29, 1.82) is 0 Å². The van der Waals surface area contributed by atoms with Gasteiger partial charge in [-0.15, -0.1) is 0 Å². The van der Waals surface area contributed by atoms with Gasteiger partial charge in [0.2, 0.25) is 18.6 Å². The predicted molar refractivity (Wildman–Crippen MR) is 127 cm³/mol. The van der Waals surface area contributed by atoms with E-state index in [0.717, 1.165) is 54.7 Å². The molecule has 176 valence electrons. The summed E-state index contributed by atoms with van der Waals surface area (Å²) in [7, 11) is 0. The number of benzene rings is 2. The minimum atomic E-state index is -0.500. The third kappa shape index (κ3) is 6.28. The number of ether oxygens (including phenoxy) is 2. The van der Waals surface area contributed by atoms with Crippen molar-refractivity contribution in [2.24, 2.45) is 0 Å². The van der Waals surface area contributed by atoms with Gasteiger partial charge in [-0.05, 0) is 55.9 Å². The molecule has 2 amide bonds. The molecule has 1 atom stereocenters. The highest BCUT2D eigenvalue weighted by Gasteiger charge is 2.27. The second-order valence-electron chi connectivity index (χ2n) is 9.03. The van der Waals surface area contributed by atoms with Crippen LogP contribution in [0, 0.1) is 0 Å². The molecule has 1 aliphatic carbocycles. The zero-order valence-corrected chi connectivity index (χ0v) is 19.4. The number of rotatable bonds is 9. The lowest BCUT2D eigenvalue weighted by atomic mass is 9.95. The van der Waals surface area contributed by atoms with Gasteiger partial charge in [-0.3, -0.25) is 9.59 Å². The Balaban J connectivity index is 1.40. The second-order valence-corrected chi connectivity index (χ2v) is 9.03. The van der Waals surface area contributed by atoms with Gasteiger partial charge in [-0.1, -0.05) is 55.7 Å². The van der Waals surface area contributed by atoms with Crippen LogP contribution >= 0.6 is 0 Å². The molecule has 1 aliphatic heterocycles. The molecule has 6 heteroatoms. The van der Waals surface area contributed by atoms with Crippen molar-refractivity contribution in [3.63, 3.8) is 0 Å². The van der Waals surface area contributed by atoms with Gasteiger partial charge in [0.05, 0.1) is 0 Å². The molecule has 2 aromatic carbocycles. The molecular formula is C27H34N2O4. The van der Waals surface area contributed by atoms with Crippen LogP contribution in [0.25, 0.3) is 0 Å². The number of aryl methyl sites for hydroxylation is 1. The molecule has 2 aromatic rings. The number of carbonyl (C=O) groups excluding carboxylic acids is 2. The molecule has 4 rings (SSSR count). The van der Waals surface area contributed by atoms with Crippen LogP contribution in [0.2, 0.25) is 0 Å². The highest BCUT2D eigenvalue weighted by molar-refractivity contribution is 5.87. The van der Waals surface area contributed by atoms with Gasteiger partial charge in [-0.25, -0.2) is 0 Å². The van der Waals surface area contributed by atoms with E-state index < -0.39 is 6.04 Å². The molecule has 33 heavy (non-hydrogen) atoms. The number of amides is 2. The maximum Gasteiger partial charge on any atom is 0.242 e. The summed E-state index contributed by atoms with van der Waals surface area (Å²) in [6.07, 6.45) is 7.27. The number of hydrogen-bond donors (Lipinski definition) is 1. The quantitative estimate of drug-likeness (QED) is 0.620. The molecule has 0 bridgehead atoms. The second kappa shape index (κ2) is 11.2. The van der Waals surface area contributed by atoms with E-state index in [0.29, 0.717) is 19.4 Å². The minimum Gasteiger partial charge on any atom is -0.454 e. The van der Waals surface area contributed by atoms with E-state index in [1.165, 1.54) is 6.42 Å². The number of hydrogen-bond acceptors (Lipinski definition) is 4. The summed E-state index contributed by atoms with van der Waals surface area (Å²) in [6, 6.07) is 15.6. The first kappa shape index (κ1) is 23.1. The number of carbonyl (C=O) groups is 2. The van der Waals surface area contributed by atoms with Crippen LogP contribution in [0.5, 0.6) is 11.5 Å². The van der Waals surface area contributed by atoms with Crippen molar-refractivity contribution in [1.82, 2.24) is 10.2 Å². The Morgan fingerprint density at radius 1 is 0.970 bits per heavy atom. The molecule has 1 heterocycles. The normalized spacial score (nSPS) is 16.3. The fraction of sp³-hybridized carbons (Fsp3) is 0.481. The molecule has 0 unspecified atom stereocenters. The standard InChI is InChI=1S/C27H34N2O4/c1-20(27(31)28-23-10-6-3-7-11-23)29(17-16-21-8-4-2-5-9-21)26(30)15-13-22-12-14-24-25(18-22)33-19-32-24/h2,4-5,8-9,12,14,18,20,23H,3,6-7,10-11,13,15-17,19H2,1H3,(H,28,31)/t20-/m1/s1. The lowest BCUT2D eigenvalue weighted by Crippen LogP contribution is -2.51. The van der Waals surface area contributed by atoms with Crippen LogP contribution in [-0.2, 0) is 22.4 Å². The maximum absolute atomic E-state index is 13.3. The Labute approximate surface area is 196 Å². The Bertz CT molecular complexity index is 940. The van der Waals surface area contributed by atoms with E-state index in [9.17, 15) is 9.59 Å². The molecule has 1 saturated carbocycles. The van der Waals surface area contributed by atoms with Crippen LogP contribution in [0.1, 0.15) is 56.6 Å². The predicted octanol–water partition coefficient (Wildman–Crippen LogP) is 4.26. The SMILES string of the molecule is C[C@H](C(=O)NC1CCCCC1)N(CCc1ccccc1)C(=O)CCc1ccc2c(c1)OCO2. The maximum atomic E-state index is 13.3. The van der Waals surface area contributed by atoms with E-state index in [1.54, 1.807) is 4.90 Å². The van der Waals surface area contributed by atoms with Gasteiger partial charge >= 0.3 is 0 Å². The Morgan fingerprint density at radius 3 is 2.52 bits per heavy atom. The number of nitrogens with one attached hydrogen (secondary N) is 1. The molecule has 1 N–H and O–H groups in total. The van der Waals surface area contributed by atoms with E-state index in [4.69, 9.17) is 9.47 Å². The first-order valence-electron chi connectivity index (χ1n) is 12.1. The van der Waals surface area contributed by atoms with Gasteiger partial charge < -0.3 is 19.7 Å². The molecule has 0 spiro atoms. The summed E-state index contributed by atoms with van der Waals surface area (Å²) in [5, 5.41) is 3.19. The molecule has 2 aliphatic rings. The third-order valence-electron chi connectivity index (χ3n) is 6.67. The van der Waals surface area contributed by atoms with Crippen molar-refractivity contribution in [3.8, 4) is 11.5 Å². The van der Waals surface area contributed by atoms with Crippen LogP contribution in [0.4, 0.5) is 0 Å². The molecule has 1 fully saturated rings. The molecular weight excluding hydrogens is 416 g/mol. The molecule has 0 radical (unpaired) electrons. The summed E-state index contributed by atoms with van der Waals surface area (Å²) < 4.78 is 10.8. The zero-order valence-electron chi connectivity index (χ0n) is 19.4. The van der Waals surface area contributed by atoms with E-state index >= 15 is 0 Å². The smallest absolute Gasteiger partial charge is 0.242 e. The summed E-state index contributed by atoms with van der Waals surface area (Å²) in [5.41, 5.74) is 2.18. The van der Waals surface area contributed by atoms with Gasteiger partial charge in [0.15, 0.2) is 11.5 Å². The van der Waals surface area contributed by atoms with E-state index in [-0.39, 0.29) is 24.6 Å². The molecule has 6 nitrogen and oxygen atoms in total. The van der Waals surface area contributed by atoms with Crippen LogP contribution in [0.3, 0.4) is 0 Å². The van der Waals surface area contributed by atoms with Gasteiger partial charge in [-0.2, -0.15) is 0 Å². The summed E-state index contributed by atoms with van der Waals surface area (Å²) in [5.74, 6) is 1.41. The lowest BCUT2D eigenvalue weighted by Gasteiger charge is -2.31. The Morgan fingerprint density at radius 2 is 1.73 bits per heavy atom. The fourth-order valence-corrected chi connectivity index (χ4v) is 4.63. The largest absolute Gasteiger partial charge is 0.454 e. The van der Waals surface area contributed by atoms with Crippen LogP contribution < -0.4 is 14.8 Å². The average Bonchev–Trinajstić information content (AvgIpc) is 3.32. The number of fused-ring (bicyclic) bond motifs is 1. The average molecular weight is 451 g/mol. The topological polar surface area (TPSA) is 67.9 Å².